The number of nitrogens with two attached hydrogens (primary N) is 1. The van der Waals surface area contributed by atoms with Crippen LogP contribution in [0.3, 0.4) is 0 Å². The van der Waals surface area contributed by atoms with Crippen LogP contribution < -0.4 is 5.73 Å². The van der Waals surface area contributed by atoms with Gasteiger partial charge in [-0.15, -0.1) is 11.3 Å². The Kier molecular flexibility index (Phi) is 2.97. The summed E-state index contributed by atoms with van der Waals surface area (Å²) >= 11 is 1.79. The Labute approximate surface area is 106 Å². The molecule has 2 saturated carbocycles. The number of aromatic nitrogens is 1. The van der Waals surface area contributed by atoms with Crippen LogP contribution in [0.1, 0.15) is 60.0 Å². The largest absolute Gasteiger partial charge is 0.371 e. The van der Waals surface area contributed by atoms with Crippen LogP contribution in [0.5, 0.6) is 0 Å². The van der Waals surface area contributed by atoms with E-state index in [0.717, 1.165) is 12.8 Å². The first-order valence-corrected chi connectivity index (χ1v) is 7.36. The molecule has 1 aromatic rings. The second-order valence-corrected chi connectivity index (χ2v) is 6.29. The highest BCUT2D eigenvalue weighted by Crippen LogP contribution is 2.48. The van der Waals surface area contributed by atoms with Gasteiger partial charge in [0.2, 0.25) is 0 Å². The SMILES string of the molecule is COC1(c2nc(C3CC3)c(CN)s2)CCCC1. The highest BCUT2D eigenvalue weighted by molar-refractivity contribution is 7.11. The van der Waals surface area contributed by atoms with Gasteiger partial charge in [-0.25, -0.2) is 4.98 Å². The van der Waals surface area contributed by atoms with Gasteiger partial charge in [0.25, 0.3) is 0 Å². The van der Waals surface area contributed by atoms with Gasteiger partial charge >= 0.3 is 0 Å². The van der Waals surface area contributed by atoms with E-state index in [1.54, 1.807) is 11.3 Å². The smallest absolute Gasteiger partial charge is 0.125 e. The van der Waals surface area contributed by atoms with E-state index in [1.165, 1.54) is 41.3 Å². The fourth-order valence-electron chi connectivity index (χ4n) is 2.83. The van der Waals surface area contributed by atoms with E-state index in [1.807, 2.05) is 7.11 Å². The van der Waals surface area contributed by atoms with E-state index >= 15 is 0 Å². The number of hydrogen-bond acceptors (Lipinski definition) is 4. The molecule has 0 spiro atoms. The predicted molar refractivity (Wildman–Crippen MR) is 69.1 cm³/mol. The fourth-order valence-corrected chi connectivity index (χ4v) is 4.08. The third kappa shape index (κ3) is 1.92. The summed E-state index contributed by atoms with van der Waals surface area (Å²) in [5.41, 5.74) is 7.02. The zero-order valence-corrected chi connectivity index (χ0v) is 11.2. The van der Waals surface area contributed by atoms with Crippen LogP contribution in [0.25, 0.3) is 0 Å². The Morgan fingerprint density at radius 1 is 1.41 bits per heavy atom. The summed E-state index contributed by atoms with van der Waals surface area (Å²) < 4.78 is 5.80. The van der Waals surface area contributed by atoms with Crippen LogP contribution in [0.4, 0.5) is 0 Å². The van der Waals surface area contributed by atoms with Gasteiger partial charge in [-0.1, -0.05) is 12.8 Å². The number of nitrogens with zero attached hydrogens (tertiary/aromatic N) is 1. The Balaban J connectivity index is 1.96. The lowest BCUT2D eigenvalue weighted by Crippen LogP contribution is -2.24. The van der Waals surface area contributed by atoms with Crippen molar-refractivity contribution in [2.45, 2.75) is 56.6 Å². The molecule has 0 saturated heterocycles. The molecule has 2 N–H and O–H groups in total. The molecule has 0 bridgehead atoms. The molecule has 0 aromatic carbocycles. The second kappa shape index (κ2) is 4.34. The van der Waals surface area contributed by atoms with Crippen LogP contribution in [0.2, 0.25) is 0 Å². The minimum absolute atomic E-state index is 0.0955. The topological polar surface area (TPSA) is 48.1 Å². The van der Waals surface area contributed by atoms with Gasteiger partial charge < -0.3 is 10.5 Å². The van der Waals surface area contributed by atoms with Gasteiger partial charge in [0.15, 0.2) is 0 Å². The summed E-state index contributed by atoms with van der Waals surface area (Å²) in [6.07, 6.45) is 7.32. The van der Waals surface area contributed by atoms with Crippen molar-refractivity contribution in [2.24, 2.45) is 5.73 Å². The molecule has 3 nitrogen and oxygen atoms in total. The second-order valence-electron chi connectivity index (χ2n) is 5.21. The van der Waals surface area contributed by atoms with Crippen LogP contribution >= 0.6 is 11.3 Å². The lowest BCUT2D eigenvalue weighted by molar-refractivity contribution is -0.00896. The van der Waals surface area contributed by atoms with E-state index in [2.05, 4.69) is 0 Å². The molecule has 1 aromatic heterocycles. The third-order valence-corrected chi connectivity index (χ3v) is 5.35. The molecule has 1 heterocycles. The molecule has 94 valence electrons. The Morgan fingerprint density at radius 3 is 2.65 bits per heavy atom. The maximum atomic E-state index is 5.84. The van der Waals surface area contributed by atoms with Crippen LogP contribution in [0.15, 0.2) is 0 Å². The highest BCUT2D eigenvalue weighted by Gasteiger charge is 2.40. The summed E-state index contributed by atoms with van der Waals surface area (Å²) in [7, 11) is 1.83. The fraction of sp³-hybridized carbons (Fsp3) is 0.769. The van der Waals surface area contributed by atoms with Crippen molar-refractivity contribution in [1.82, 2.24) is 4.98 Å². The number of rotatable bonds is 4. The number of hydrogen-bond donors (Lipinski definition) is 1. The average Bonchev–Trinajstić information content (AvgIpc) is 2.94. The van der Waals surface area contributed by atoms with Crippen molar-refractivity contribution < 1.29 is 4.74 Å². The van der Waals surface area contributed by atoms with Gasteiger partial charge in [0, 0.05) is 24.4 Å². The quantitative estimate of drug-likeness (QED) is 0.896. The van der Waals surface area contributed by atoms with Crippen molar-refractivity contribution >= 4 is 11.3 Å². The van der Waals surface area contributed by atoms with E-state index in [9.17, 15) is 0 Å². The third-order valence-electron chi connectivity index (χ3n) is 4.07. The molecular formula is C13H20N2OS. The van der Waals surface area contributed by atoms with Crippen molar-refractivity contribution in [3.63, 3.8) is 0 Å². The summed E-state index contributed by atoms with van der Waals surface area (Å²) in [6.45, 7) is 0.628. The molecule has 17 heavy (non-hydrogen) atoms. The summed E-state index contributed by atoms with van der Waals surface area (Å²) in [5, 5.41) is 1.18. The first kappa shape index (κ1) is 11.6. The van der Waals surface area contributed by atoms with Crippen LogP contribution in [-0.2, 0) is 16.9 Å². The van der Waals surface area contributed by atoms with E-state index < -0.39 is 0 Å². The summed E-state index contributed by atoms with van der Waals surface area (Å²) in [6, 6.07) is 0. The lowest BCUT2D eigenvalue weighted by atomic mass is 10.0. The van der Waals surface area contributed by atoms with Crippen molar-refractivity contribution in [2.75, 3.05) is 7.11 Å². The summed E-state index contributed by atoms with van der Waals surface area (Å²) in [5.74, 6) is 0.689. The maximum absolute atomic E-state index is 5.84. The van der Waals surface area contributed by atoms with Gasteiger partial charge in [0.1, 0.15) is 10.6 Å². The van der Waals surface area contributed by atoms with Gasteiger partial charge in [-0.2, -0.15) is 0 Å². The number of thiazole rings is 1. The molecule has 2 aliphatic carbocycles. The van der Waals surface area contributed by atoms with Crippen LogP contribution in [0, 0.1) is 0 Å². The Bertz CT molecular complexity index is 406. The Morgan fingerprint density at radius 2 is 2.12 bits per heavy atom. The van der Waals surface area contributed by atoms with Gasteiger partial charge in [-0.3, -0.25) is 0 Å². The average molecular weight is 252 g/mol. The normalized spacial score (nSPS) is 23.2. The molecule has 2 fully saturated rings. The molecule has 2 aliphatic rings. The molecule has 0 amide bonds. The molecular weight excluding hydrogens is 232 g/mol. The summed E-state index contributed by atoms with van der Waals surface area (Å²) in [4.78, 5) is 6.16. The number of ether oxygens (including phenoxy) is 1. The minimum Gasteiger partial charge on any atom is -0.371 e. The standard InChI is InChI=1S/C13H20N2OS/c1-16-13(6-2-3-7-13)12-15-11(9-4-5-9)10(8-14)17-12/h9H,2-8,14H2,1H3. The Hall–Kier alpha value is -0.450. The zero-order chi connectivity index (χ0) is 11.9. The minimum atomic E-state index is -0.0955. The molecule has 4 heteroatoms. The molecule has 0 atom stereocenters. The number of methoxy groups -OCH3 is 1. The molecule has 3 rings (SSSR count). The van der Waals surface area contributed by atoms with Crippen molar-refractivity contribution in [3.8, 4) is 0 Å². The van der Waals surface area contributed by atoms with E-state index in [4.69, 9.17) is 15.5 Å². The predicted octanol–water partition coefficient (Wildman–Crippen LogP) is 2.89. The maximum Gasteiger partial charge on any atom is 0.125 e. The molecule has 0 aliphatic heterocycles. The van der Waals surface area contributed by atoms with Gasteiger partial charge in [-0.05, 0) is 25.7 Å². The molecule has 0 radical (unpaired) electrons. The zero-order valence-electron chi connectivity index (χ0n) is 10.4. The lowest BCUT2D eigenvalue weighted by Gasteiger charge is -2.24. The van der Waals surface area contributed by atoms with Crippen molar-refractivity contribution in [1.29, 1.82) is 0 Å². The van der Waals surface area contributed by atoms with Gasteiger partial charge in [0.05, 0.1) is 5.69 Å². The van der Waals surface area contributed by atoms with Crippen LogP contribution in [-0.4, -0.2) is 12.1 Å². The van der Waals surface area contributed by atoms with E-state index in [0.29, 0.717) is 12.5 Å². The first-order valence-electron chi connectivity index (χ1n) is 6.54. The van der Waals surface area contributed by atoms with Crippen molar-refractivity contribution in [3.05, 3.63) is 15.6 Å². The monoisotopic (exact) mass is 252 g/mol. The first-order chi connectivity index (χ1) is 8.29. The molecule has 0 unspecified atom stereocenters. The highest BCUT2D eigenvalue weighted by atomic mass is 32.1. The van der Waals surface area contributed by atoms with E-state index in [-0.39, 0.29) is 5.60 Å².